The molecule has 1 aromatic rings. The van der Waals surface area contributed by atoms with Gasteiger partial charge in [0.1, 0.15) is 5.60 Å². The zero-order chi connectivity index (χ0) is 20.0. The van der Waals surface area contributed by atoms with Crippen molar-refractivity contribution in [1.82, 2.24) is 4.90 Å². The number of ether oxygens (including phenoxy) is 1. The predicted molar refractivity (Wildman–Crippen MR) is 105 cm³/mol. The van der Waals surface area contributed by atoms with Gasteiger partial charge in [0.25, 0.3) is 0 Å². The molecule has 2 fully saturated rings. The quantitative estimate of drug-likeness (QED) is 0.775. The Morgan fingerprint density at radius 2 is 1.81 bits per heavy atom. The second-order valence-corrected chi connectivity index (χ2v) is 11.3. The van der Waals surface area contributed by atoms with Crippen LogP contribution in [0.15, 0.2) is 23.1 Å². The molecule has 7 heteroatoms. The van der Waals surface area contributed by atoms with Gasteiger partial charge in [0.05, 0.1) is 10.1 Å². The number of anilines is 1. The first-order chi connectivity index (χ1) is 12.4. The number of amides is 1. The van der Waals surface area contributed by atoms with Crippen molar-refractivity contribution in [2.45, 2.75) is 69.1 Å². The van der Waals surface area contributed by atoms with Crippen LogP contribution in [0.25, 0.3) is 0 Å². The van der Waals surface area contributed by atoms with Crippen LogP contribution in [0.1, 0.15) is 52.0 Å². The van der Waals surface area contributed by atoms with E-state index < -0.39 is 15.4 Å². The summed E-state index contributed by atoms with van der Waals surface area (Å²) < 4.78 is 31.2. The van der Waals surface area contributed by atoms with Crippen molar-refractivity contribution in [3.8, 4) is 0 Å². The molecule has 1 aromatic carbocycles. The Hall–Kier alpha value is -1.76. The fourth-order valence-electron chi connectivity index (χ4n) is 4.04. The van der Waals surface area contributed by atoms with Crippen LogP contribution >= 0.6 is 0 Å². The molecular weight excluding hydrogens is 364 g/mol. The Labute approximate surface area is 162 Å². The molecule has 3 rings (SSSR count). The molecular formula is C20H30N2O4S. The molecule has 2 aliphatic rings. The molecule has 0 radical (unpaired) electrons. The van der Waals surface area contributed by atoms with Crippen molar-refractivity contribution < 1.29 is 17.9 Å². The Bertz CT molecular complexity index is 826. The van der Waals surface area contributed by atoms with Gasteiger partial charge in [-0.1, -0.05) is 0 Å². The van der Waals surface area contributed by atoms with Crippen molar-refractivity contribution in [3.63, 3.8) is 0 Å². The number of hydrogen-bond donors (Lipinski definition) is 1. The van der Waals surface area contributed by atoms with Gasteiger partial charge in [-0.25, -0.2) is 13.2 Å². The number of rotatable bonds is 2. The number of sulfone groups is 1. The average Bonchev–Trinajstić information content (AvgIpc) is 2.53. The molecule has 27 heavy (non-hydrogen) atoms. The summed E-state index contributed by atoms with van der Waals surface area (Å²) in [5, 5.41) is -0.339. The first kappa shape index (κ1) is 20.0. The number of hydrogen-bond acceptors (Lipinski definition) is 5. The first-order valence-electron chi connectivity index (χ1n) is 9.50. The van der Waals surface area contributed by atoms with Crippen LogP contribution in [0.3, 0.4) is 0 Å². The number of aryl methyl sites for hydroxylation is 1. The lowest BCUT2D eigenvalue weighted by atomic mass is 9.63. The average molecular weight is 395 g/mol. The molecule has 2 N–H and O–H groups in total. The van der Waals surface area contributed by atoms with E-state index in [0.717, 1.165) is 18.4 Å². The molecule has 1 aliphatic heterocycles. The van der Waals surface area contributed by atoms with Crippen molar-refractivity contribution >= 4 is 21.6 Å². The van der Waals surface area contributed by atoms with Crippen LogP contribution in [0.2, 0.25) is 0 Å². The lowest BCUT2D eigenvalue weighted by Gasteiger charge is -2.51. The minimum absolute atomic E-state index is 0.0408. The predicted octanol–water partition coefficient (Wildman–Crippen LogP) is 3.53. The van der Waals surface area contributed by atoms with Crippen molar-refractivity contribution in [2.75, 3.05) is 18.8 Å². The van der Waals surface area contributed by atoms with E-state index >= 15 is 0 Å². The van der Waals surface area contributed by atoms with E-state index in [4.69, 9.17) is 10.5 Å². The van der Waals surface area contributed by atoms with Gasteiger partial charge in [0, 0.05) is 18.8 Å². The molecule has 1 aliphatic carbocycles. The van der Waals surface area contributed by atoms with Gasteiger partial charge in [0.2, 0.25) is 0 Å². The highest BCUT2D eigenvalue weighted by Gasteiger charge is 2.51. The second kappa shape index (κ2) is 6.69. The van der Waals surface area contributed by atoms with E-state index in [-0.39, 0.29) is 16.8 Å². The maximum Gasteiger partial charge on any atom is 0.410 e. The Morgan fingerprint density at radius 1 is 1.22 bits per heavy atom. The Balaban J connectivity index is 1.59. The molecule has 0 unspecified atom stereocenters. The summed E-state index contributed by atoms with van der Waals surface area (Å²) in [6.45, 7) is 8.65. The molecule has 1 heterocycles. The third-order valence-corrected chi connectivity index (χ3v) is 7.93. The largest absolute Gasteiger partial charge is 0.444 e. The fourth-order valence-corrected chi connectivity index (χ4v) is 6.17. The summed E-state index contributed by atoms with van der Waals surface area (Å²) in [4.78, 5) is 14.3. The summed E-state index contributed by atoms with van der Waals surface area (Å²) in [5.74, 6) is 0. The molecule has 0 atom stereocenters. The summed E-state index contributed by atoms with van der Waals surface area (Å²) >= 11 is 0. The molecule has 1 saturated heterocycles. The van der Waals surface area contributed by atoms with E-state index in [9.17, 15) is 13.2 Å². The number of nitrogen functional groups attached to an aromatic ring is 1. The van der Waals surface area contributed by atoms with Gasteiger partial charge in [-0.3, -0.25) is 0 Å². The van der Waals surface area contributed by atoms with Crippen LogP contribution in [-0.2, 0) is 14.6 Å². The molecule has 150 valence electrons. The lowest BCUT2D eigenvalue weighted by molar-refractivity contribution is -0.00428. The van der Waals surface area contributed by atoms with Crippen LogP contribution in [0.4, 0.5) is 10.5 Å². The molecule has 0 aromatic heterocycles. The van der Waals surface area contributed by atoms with Crippen LogP contribution in [0.5, 0.6) is 0 Å². The van der Waals surface area contributed by atoms with Crippen molar-refractivity contribution in [1.29, 1.82) is 0 Å². The number of carbonyl (C=O) groups excluding carboxylic acids is 1. The molecule has 1 spiro atoms. The van der Waals surface area contributed by atoms with Crippen molar-refractivity contribution in [2.24, 2.45) is 5.41 Å². The number of nitrogens with zero attached hydrogens (tertiary/aromatic N) is 1. The normalized spacial score (nSPS) is 20.4. The Kier molecular flexibility index (Phi) is 4.95. The molecule has 1 saturated carbocycles. The van der Waals surface area contributed by atoms with Gasteiger partial charge in [-0.05, 0) is 82.6 Å². The van der Waals surface area contributed by atoms with E-state index in [0.29, 0.717) is 36.5 Å². The van der Waals surface area contributed by atoms with Crippen LogP contribution < -0.4 is 5.73 Å². The van der Waals surface area contributed by atoms with Gasteiger partial charge in [-0.2, -0.15) is 0 Å². The minimum atomic E-state index is -3.33. The zero-order valence-electron chi connectivity index (χ0n) is 16.6. The highest BCUT2D eigenvalue weighted by Crippen LogP contribution is 2.52. The van der Waals surface area contributed by atoms with Gasteiger partial charge >= 0.3 is 6.09 Å². The second-order valence-electron chi connectivity index (χ2n) is 9.06. The number of piperidine rings is 1. The number of likely N-dealkylation sites (tertiary alicyclic amines) is 1. The topological polar surface area (TPSA) is 89.7 Å². The molecule has 6 nitrogen and oxygen atoms in total. The Morgan fingerprint density at radius 3 is 2.33 bits per heavy atom. The maximum absolute atomic E-state index is 12.9. The SMILES string of the molecule is Cc1cc(S(=O)(=O)C2CC3(CCN(C(=O)OC(C)(C)C)CC3)C2)ccc1N. The third kappa shape index (κ3) is 4.08. The monoisotopic (exact) mass is 394 g/mol. The molecule has 0 bridgehead atoms. The zero-order valence-corrected chi connectivity index (χ0v) is 17.4. The lowest BCUT2D eigenvalue weighted by Crippen LogP contribution is -2.53. The molecule has 1 amide bonds. The summed E-state index contributed by atoms with van der Waals surface area (Å²) in [6, 6.07) is 4.94. The van der Waals surface area contributed by atoms with Crippen LogP contribution in [-0.4, -0.2) is 43.4 Å². The highest BCUT2D eigenvalue weighted by molar-refractivity contribution is 7.92. The summed E-state index contributed by atoms with van der Waals surface area (Å²) in [7, 11) is -3.33. The van der Waals surface area contributed by atoms with Crippen LogP contribution in [0, 0.1) is 12.3 Å². The van der Waals surface area contributed by atoms with E-state index in [1.807, 2.05) is 27.7 Å². The summed E-state index contributed by atoms with van der Waals surface area (Å²) in [6.07, 6.45) is 2.72. The number of benzene rings is 1. The fraction of sp³-hybridized carbons (Fsp3) is 0.650. The van der Waals surface area contributed by atoms with Gasteiger partial charge in [-0.15, -0.1) is 0 Å². The number of carbonyl (C=O) groups is 1. The number of nitrogens with two attached hydrogens (primary N) is 1. The summed E-state index contributed by atoms with van der Waals surface area (Å²) in [5.41, 5.74) is 6.74. The van der Waals surface area contributed by atoms with Gasteiger partial charge in [0.15, 0.2) is 9.84 Å². The maximum atomic E-state index is 12.9. The minimum Gasteiger partial charge on any atom is -0.444 e. The van der Waals surface area contributed by atoms with Gasteiger partial charge < -0.3 is 15.4 Å². The smallest absolute Gasteiger partial charge is 0.410 e. The van der Waals surface area contributed by atoms with E-state index in [1.54, 1.807) is 23.1 Å². The third-order valence-electron chi connectivity index (χ3n) is 5.81. The first-order valence-corrected chi connectivity index (χ1v) is 11.0. The highest BCUT2D eigenvalue weighted by atomic mass is 32.2. The van der Waals surface area contributed by atoms with E-state index in [1.165, 1.54) is 0 Å². The van der Waals surface area contributed by atoms with E-state index in [2.05, 4.69) is 0 Å². The van der Waals surface area contributed by atoms with Crippen molar-refractivity contribution in [3.05, 3.63) is 23.8 Å². The standard InChI is InChI=1S/C20H30N2O4S/c1-14-11-15(5-6-17(14)21)27(24,25)16-12-20(13-16)7-9-22(10-8-20)18(23)26-19(2,3)4/h5-6,11,16H,7-10,12-13,21H2,1-4H3.